The molecule has 0 aromatic heterocycles. The zero-order valence-corrected chi connectivity index (χ0v) is 11.4. The number of rotatable bonds is 4. The number of nitrogens with zero attached hydrogens (tertiary/aromatic N) is 1. The second-order valence-corrected chi connectivity index (χ2v) is 5.32. The van der Waals surface area contributed by atoms with Crippen molar-refractivity contribution < 1.29 is 5.11 Å². The van der Waals surface area contributed by atoms with Crippen molar-refractivity contribution in [3.63, 3.8) is 0 Å². The van der Waals surface area contributed by atoms with Crippen molar-refractivity contribution in [2.24, 2.45) is 0 Å². The molecule has 2 N–H and O–H groups in total. The molecule has 0 saturated carbocycles. The minimum absolute atomic E-state index is 0.131. The van der Waals surface area contributed by atoms with Gasteiger partial charge in [-0.05, 0) is 31.4 Å². The van der Waals surface area contributed by atoms with Crippen molar-refractivity contribution in [3.8, 4) is 0 Å². The first-order valence-electron chi connectivity index (χ1n) is 6.86. The van der Waals surface area contributed by atoms with Gasteiger partial charge in [0.05, 0.1) is 6.61 Å². The molecule has 100 valence electrons. The molecule has 1 aliphatic rings. The second-order valence-electron chi connectivity index (χ2n) is 5.32. The van der Waals surface area contributed by atoms with Crippen LogP contribution in [0.15, 0.2) is 24.3 Å². The molecular weight excluding hydrogens is 224 g/mol. The highest BCUT2D eigenvalue weighted by atomic mass is 16.3. The van der Waals surface area contributed by atoms with Gasteiger partial charge in [0.25, 0.3) is 0 Å². The fourth-order valence-corrected chi connectivity index (χ4v) is 2.68. The lowest BCUT2D eigenvalue weighted by Gasteiger charge is -2.39. The van der Waals surface area contributed by atoms with E-state index >= 15 is 0 Å². The number of benzene rings is 1. The monoisotopic (exact) mass is 248 g/mol. The molecule has 1 aliphatic heterocycles. The number of aliphatic hydroxyl groups excluding tert-OH is 1. The predicted octanol–water partition coefficient (Wildman–Crippen LogP) is 1.40. The van der Waals surface area contributed by atoms with Gasteiger partial charge in [-0.2, -0.15) is 0 Å². The van der Waals surface area contributed by atoms with E-state index in [0.717, 1.165) is 31.6 Å². The fourth-order valence-electron chi connectivity index (χ4n) is 2.68. The van der Waals surface area contributed by atoms with E-state index < -0.39 is 0 Å². The number of piperazine rings is 1. The third-order valence-corrected chi connectivity index (χ3v) is 3.88. The van der Waals surface area contributed by atoms with Crippen LogP contribution in [-0.4, -0.2) is 41.7 Å². The summed E-state index contributed by atoms with van der Waals surface area (Å²) in [7, 11) is 0. The summed E-state index contributed by atoms with van der Waals surface area (Å²) in [6, 6.07) is 9.52. The molecule has 2 rings (SSSR count). The normalized spacial score (nSPS) is 25.3. The molecule has 0 radical (unpaired) electrons. The van der Waals surface area contributed by atoms with Gasteiger partial charge >= 0.3 is 0 Å². The van der Waals surface area contributed by atoms with Crippen LogP contribution >= 0.6 is 0 Å². The van der Waals surface area contributed by atoms with E-state index in [1.807, 2.05) is 12.1 Å². The molecule has 0 spiro atoms. The second kappa shape index (κ2) is 6.32. The zero-order valence-electron chi connectivity index (χ0n) is 11.4. The van der Waals surface area contributed by atoms with Gasteiger partial charge in [-0.3, -0.25) is 4.90 Å². The zero-order chi connectivity index (χ0) is 13.0. The maximum absolute atomic E-state index is 9.02. The van der Waals surface area contributed by atoms with Crippen LogP contribution in [0.1, 0.15) is 25.0 Å². The SMILES string of the molecule is C[C@@H]1CNC[C@H](C)N1CCc1ccc(CO)cc1. The molecular formula is C15H24N2O. The molecule has 0 aliphatic carbocycles. The van der Waals surface area contributed by atoms with E-state index in [4.69, 9.17) is 5.11 Å². The third-order valence-electron chi connectivity index (χ3n) is 3.88. The lowest BCUT2D eigenvalue weighted by atomic mass is 10.1. The molecule has 1 saturated heterocycles. The van der Waals surface area contributed by atoms with E-state index in [1.165, 1.54) is 5.56 Å². The Morgan fingerprint density at radius 3 is 2.22 bits per heavy atom. The van der Waals surface area contributed by atoms with Crippen molar-refractivity contribution >= 4 is 0 Å². The lowest BCUT2D eigenvalue weighted by molar-refractivity contribution is 0.118. The minimum Gasteiger partial charge on any atom is -0.392 e. The summed E-state index contributed by atoms with van der Waals surface area (Å²) in [4.78, 5) is 2.58. The Morgan fingerprint density at radius 1 is 1.11 bits per heavy atom. The van der Waals surface area contributed by atoms with Gasteiger partial charge in [-0.15, -0.1) is 0 Å². The van der Waals surface area contributed by atoms with Crippen LogP contribution in [0.5, 0.6) is 0 Å². The van der Waals surface area contributed by atoms with Crippen molar-refractivity contribution in [1.29, 1.82) is 0 Å². The average molecular weight is 248 g/mol. The molecule has 1 aromatic carbocycles. The van der Waals surface area contributed by atoms with E-state index in [0.29, 0.717) is 12.1 Å². The Labute approximate surface area is 110 Å². The van der Waals surface area contributed by atoms with Crippen molar-refractivity contribution in [3.05, 3.63) is 35.4 Å². The molecule has 3 nitrogen and oxygen atoms in total. The van der Waals surface area contributed by atoms with E-state index in [9.17, 15) is 0 Å². The topological polar surface area (TPSA) is 35.5 Å². The van der Waals surface area contributed by atoms with Gasteiger partial charge < -0.3 is 10.4 Å². The summed E-state index contributed by atoms with van der Waals surface area (Å²) in [6.45, 7) is 8.01. The fraction of sp³-hybridized carbons (Fsp3) is 0.600. The van der Waals surface area contributed by atoms with E-state index in [2.05, 4.69) is 36.2 Å². The van der Waals surface area contributed by atoms with E-state index in [-0.39, 0.29) is 6.61 Å². The third kappa shape index (κ3) is 3.31. The number of hydrogen-bond donors (Lipinski definition) is 2. The predicted molar refractivity (Wildman–Crippen MR) is 74.6 cm³/mol. The first-order chi connectivity index (χ1) is 8.70. The molecule has 0 amide bonds. The van der Waals surface area contributed by atoms with Gasteiger partial charge in [0.2, 0.25) is 0 Å². The van der Waals surface area contributed by atoms with Crippen LogP contribution in [-0.2, 0) is 13.0 Å². The first-order valence-corrected chi connectivity index (χ1v) is 6.86. The van der Waals surface area contributed by atoms with Crippen molar-refractivity contribution in [1.82, 2.24) is 10.2 Å². The largest absolute Gasteiger partial charge is 0.392 e. The van der Waals surface area contributed by atoms with Crippen LogP contribution < -0.4 is 5.32 Å². The Bertz CT molecular complexity index is 353. The van der Waals surface area contributed by atoms with Gasteiger partial charge in [-0.25, -0.2) is 0 Å². The van der Waals surface area contributed by atoms with Gasteiger partial charge in [0.15, 0.2) is 0 Å². The van der Waals surface area contributed by atoms with E-state index in [1.54, 1.807) is 0 Å². The van der Waals surface area contributed by atoms with Crippen LogP contribution in [0.25, 0.3) is 0 Å². The Kier molecular flexibility index (Phi) is 4.75. The standard InChI is InChI=1S/C15H24N2O/c1-12-9-16-10-13(2)17(12)8-7-14-3-5-15(11-18)6-4-14/h3-6,12-13,16,18H,7-11H2,1-2H3/t12-,13+. The highest BCUT2D eigenvalue weighted by molar-refractivity contribution is 5.22. The molecule has 0 unspecified atom stereocenters. The summed E-state index contributed by atoms with van der Waals surface area (Å²) in [5.74, 6) is 0. The Balaban J connectivity index is 1.89. The highest BCUT2D eigenvalue weighted by Crippen LogP contribution is 2.12. The first kappa shape index (κ1) is 13.5. The van der Waals surface area contributed by atoms with Gasteiger partial charge in [-0.1, -0.05) is 24.3 Å². The number of hydrogen-bond acceptors (Lipinski definition) is 3. The number of nitrogens with one attached hydrogen (secondary N) is 1. The van der Waals surface area contributed by atoms with Crippen LogP contribution in [0.4, 0.5) is 0 Å². The molecule has 2 atom stereocenters. The minimum atomic E-state index is 0.131. The Morgan fingerprint density at radius 2 is 1.67 bits per heavy atom. The van der Waals surface area contributed by atoms with Crippen LogP contribution in [0.3, 0.4) is 0 Å². The molecule has 1 fully saturated rings. The summed E-state index contributed by atoms with van der Waals surface area (Å²) >= 11 is 0. The number of aliphatic hydroxyl groups is 1. The Hall–Kier alpha value is -0.900. The molecule has 1 heterocycles. The lowest BCUT2D eigenvalue weighted by Crippen LogP contribution is -2.55. The maximum Gasteiger partial charge on any atom is 0.0681 e. The molecule has 1 aromatic rings. The van der Waals surface area contributed by atoms with Crippen LogP contribution in [0.2, 0.25) is 0 Å². The molecule has 18 heavy (non-hydrogen) atoms. The summed E-state index contributed by atoms with van der Waals surface area (Å²) in [5, 5.41) is 12.5. The smallest absolute Gasteiger partial charge is 0.0681 e. The van der Waals surface area contributed by atoms with Crippen molar-refractivity contribution in [2.75, 3.05) is 19.6 Å². The maximum atomic E-state index is 9.02. The summed E-state index contributed by atoms with van der Waals surface area (Å²) < 4.78 is 0. The molecule has 0 bridgehead atoms. The highest BCUT2D eigenvalue weighted by Gasteiger charge is 2.23. The van der Waals surface area contributed by atoms with Gasteiger partial charge in [0, 0.05) is 31.7 Å². The van der Waals surface area contributed by atoms with Crippen molar-refractivity contribution in [2.45, 2.75) is 39.0 Å². The summed E-state index contributed by atoms with van der Waals surface area (Å²) in [6.07, 6.45) is 1.08. The quantitative estimate of drug-likeness (QED) is 0.845. The average Bonchev–Trinajstić information content (AvgIpc) is 2.39. The van der Waals surface area contributed by atoms with Crippen LogP contribution in [0, 0.1) is 0 Å². The summed E-state index contributed by atoms with van der Waals surface area (Å²) in [5.41, 5.74) is 2.34. The van der Waals surface area contributed by atoms with Gasteiger partial charge in [0.1, 0.15) is 0 Å². The molecule has 3 heteroatoms.